The molecule has 0 saturated heterocycles. The number of hydrogen-bond donors (Lipinski definition) is 1. The van der Waals surface area contributed by atoms with Gasteiger partial charge in [0.05, 0.1) is 0 Å². The standard InChI is InChI=1S/C18H18ClN3/c1-10(2)16-6-12-5-15(19)14(7-17(12)22-16)13-8-20-18(21-9-13)11-3-4-11/h5-11,22H,3-4H2,1-2H3. The van der Waals surface area contributed by atoms with Crippen LogP contribution in [0.4, 0.5) is 0 Å². The number of hydrogen-bond acceptors (Lipinski definition) is 2. The number of aromatic amines is 1. The quantitative estimate of drug-likeness (QED) is 0.715. The summed E-state index contributed by atoms with van der Waals surface area (Å²) in [6.45, 7) is 4.36. The van der Waals surface area contributed by atoms with E-state index in [1.54, 1.807) is 0 Å². The first-order chi connectivity index (χ1) is 10.6. The molecule has 0 unspecified atom stereocenters. The summed E-state index contributed by atoms with van der Waals surface area (Å²) in [6, 6.07) is 6.28. The summed E-state index contributed by atoms with van der Waals surface area (Å²) >= 11 is 6.47. The molecule has 22 heavy (non-hydrogen) atoms. The Balaban J connectivity index is 1.77. The van der Waals surface area contributed by atoms with Crippen molar-refractivity contribution in [1.82, 2.24) is 15.0 Å². The Hall–Kier alpha value is -1.87. The van der Waals surface area contributed by atoms with Crippen molar-refractivity contribution in [3.05, 3.63) is 47.1 Å². The minimum atomic E-state index is 0.468. The van der Waals surface area contributed by atoms with Crippen LogP contribution in [0.25, 0.3) is 22.0 Å². The number of aromatic nitrogens is 3. The maximum absolute atomic E-state index is 6.47. The number of benzene rings is 1. The average molecular weight is 312 g/mol. The monoisotopic (exact) mass is 311 g/mol. The SMILES string of the molecule is CC(C)c1cc2cc(Cl)c(-c3cnc(C4CC4)nc3)cc2[nH]1. The van der Waals surface area contributed by atoms with Gasteiger partial charge in [-0.3, -0.25) is 0 Å². The highest BCUT2D eigenvalue weighted by molar-refractivity contribution is 6.34. The van der Waals surface area contributed by atoms with E-state index in [0.29, 0.717) is 11.8 Å². The minimum Gasteiger partial charge on any atom is -0.358 e. The lowest BCUT2D eigenvalue weighted by molar-refractivity contribution is 0.836. The Morgan fingerprint density at radius 1 is 1.14 bits per heavy atom. The van der Waals surface area contributed by atoms with Gasteiger partial charge in [0.2, 0.25) is 0 Å². The number of fused-ring (bicyclic) bond motifs is 1. The molecular weight excluding hydrogens is 294 g/mol. The van der Waals surface area contributed by atoms with Gasteiger partial charge in [0.25, 0.3) is 0 Å². The van der Waals surface area contributed by atoms with Crippen molar-refractivity contribution in [3.8, 4) is 11.1 Å². The average Bonchev–Trinajstić information content (AvgIpc) is 3.27. The van der Waals surface area contributed by atoms with E-state index in [2.05, 4.69) is 40.9 Å². The molecule has 1 N–H and O–H groups in total. The molecule has 0 spiro atoms. The van der Waals surface area contributed by atoms with Crippen molar-refractivity contribution < 1.29 is 0 Å². The molecule has 0 amide bonds. The van der Waals surface area contributed by atoms with Gasteiger partial charge in [0.1, 0.15) is 5.82 Å². The molecule has 4 heteroatoms. The maximum atomic E-state index is 6.47. The molecule has 2 aromatic heterocycles. The van der Waals surface area contributed by atoms with Crippen molar-refractivity contribution in [2.45, 2.75) is 38.5 Å². The molecule has 0 atom stereocenters. The van der Waals surface area contributed by atoms with E-state index in [-0.39, 0.29) is 0 Å². The molecular formula is C18H18ClN3. The summed E-state index contributed by atoms with van der Waals surface area (Å²) in [5, 5.41) is 1.89. The van der Waals surface area contributed by atoms with Crippen molar-refractivity contribution in [2.24, 2.45) is 0 Å². The molecule has 112 valence electrons. The second kappa shape index (κ2) is 5.10. The van der Waals surface area contributed by atoms with Gasteiger partial charge < -0.3 is 4.98 Å². The van der Waals surface area contributed by atoms with Crippen LogP contribution in [-0.4, -0.2) is 15.0 Å². The Morgan fingerprint density at radius 3 is 2.50 bits per heavy atom. The molecule has 3 nitrogen and oxygen atoms in total. The first kappa shape index (κ1) is 13.8. The lowest BCUT2D eigenvalue weighted by Gasteiger charge is -2.05. The number of nitrogens with one attached hydrogen (secondary N) is 1. The first-order valence-corrected chi connectivity index (χ1v) is 8.14. The first-order valence-electron chi connectivity index (χ1n) is 7.76. The second-order valence-corrected chi connectivity index (χ2v) is 6.81. The van der Waals surface area contributed by atoms with E-state index in [9.17, 15) is 0 Å². The predicted octanol–water partition coefficient (Wildman–Crippen LogP) is 5.28. The number of H-pyrrole nitrogens is 1. The Morgan fingerprint density at radius 2 is 1.86 bits per heavy atom. The van der Waals surface area contributed by atoms with E-state index < -0.39 is 0 Å². The Bertz CT molecular complexity index is 829. The van der Waals surface area contributed by atoms with Gasteiger partial charge in [-0.25, -0.2) is 9.97 Å². The highest BCUT2D eigenvalue weighted by Crippen LogP contribution is 2.38. The predicted molar refractivity (Wildman–Crippen MR) is 90.4 cm³/mol. The maximum Gasteiger partial charge on any atom is 0.131 e. The minimum absolute atomic E-state index is 0.468. The molecule has 2 heterocycles. The van der Waals surface area contributed by atoms with E-state index in [1.807, 2.05) is 18.5 Å². The van der Waals surface area contributed by atoms with Crippen molar-refractivity contribution in [1.29, 1.82) is 0 Å². The van der Waals surface area contributed by atoms with Crippen molar-refractivity contribution >= 4 is 22.5 Å². The number of nitrogens with zero attached hydrogens (tertiary/aromatic N) is 2. The van der Waals surface area contributed by atoms with E-state index in [0.717, 1.165) is 32.9 Å². The summed E-state index contributed by atoms with van der Waals surface area (Å²) in [6.07, 6.45) is 6.21. The molecule has 0 radical (unpaired) electrons. The van der Waals surface area contributed by atoms with Crippen molar-refractivity contribution in [2.75, 3.05) is 0 Å². The zero-order valence-electron chi connectivity index (χ0n) is 12.7. The molecule has 4 rings (SSSR count). The summed E-state index contributed by atoms with van der Waals surface area (Å²) in [7, 11) is 0. The fourth-order valence-electron chi connectivity index (χ4n) is 2.74. The lowest BCUT2D eigenvalue weighted by atomic mass is 10.1. The number of halogens is 1. The third-order valence-corrected chi connectivity index (χ3v) is 4.59. The fourth-order valence-corrected chi connectivity index (χ4v) is 3.02. The van der Waals surface area contributed by atoms with Gasteiger partial charge in [-0.15, -0.1) is 0 Å². The van der Waals surface area contributed by atoms with Gasteiger partial charge in [0, 0.05) is 51.1 Å². The zero-order valence-corrected chi connectivity index (χ0v) is 13.5. The molecule has 1 fully saturated rings. The van der Waals surface area contributed by atoms with Gasteiger partial charge in [-0.05, 0) is 37.0 Å². The van der Waals surface area contributed by atoms with E-state index in [4.69, 9.17) is 11.6 Å². The molecule has 3 aromatic rings. The molecule has 0 bridgehead atoms. The van der Waals surface area contributed by atoms with Crippen LogP contribution in [0, 0.1) is 0 Å². The highest BCUT2D eigenvalue weighted by Gasteiger charge is 2.26. The number of rotatable bonds is 3. The summed E-state index contributed by atoms with van der Waals surface area (Å²) in [5.74, 6) is 2.00. The van der Waals surface area contributed by atoms with E-state index >= 15 is 0 Å². The smallest absolute Gasteiger partial charge is 0.131 e. The summed E-state index contributed by atoms with van der Waals surface area (Å²) in [4.78, 5) is 12.5. The van der Waals surface area contributed by atoms with Crippen LogP contribution in [0.3, 0.4) is 0 Å². The lowest BCUT2D eigenvalue weighted by Crippen LogP contribution is -1.92. The molecule has 0 aliphatic heterocycles. The van der Waals surface area contributed by atoms with Gasteiger partial charge >= 0.3 is 0 Å². The summed E-state index contributed by atoms with van der Waals surface area (Å²) < 4.78 is 0. The van der Waals surface area contributed by atoms with Crippen LogP contribution in [0.5, 0.6) is 0 Å². The highest BCUT2D eigenvalue weighted by atomic mass is 35.5. The normalized spacial score (nSPS) is 14.9. The van der Waals surface area contributed by atoms with Crippen LogP contribution in [0.1, 0.15) is 50.0 Å². The topological polar surface area (TPSA) is 41.6 Å². The van der Waals surface area contributed by atoms with Crippen LogP contribution < -0.4 is 0 Å². The molecule has 1 saturated carbocycles. The van der Waals surface area contributed by atoms with E-state index in [1.165, 1.54) is 18.5 Å². The van der Waals surface area contributed by atoms with Crippen LogP contribution >= 0.6 is 11.6 Å². The fraction of sp³-hybridized carbons (Fsp3) is 0.333. The Labute approximate surface area is 134 Å². The molecule has 1 aromatic carbocycles. The van der Waals surface area contributed by atoms with Crippen LogP contribution in [0.15, 0.2) is 30.6 Å². The van der Waals surface area contributed by atoms with Crippen LogP contribution in [-0.2, 0) is 0 Å². The summed E-state index contributed by atoms with van der Waals surface area (Å²) in [5.41, 5.74) is 4.28. The largest absolute Gasteiger partial charge is 0.358 e. The molecule has 1 aliphatic rings. The van der Waals surface area contributed by atoms with Crippen LogP contribution in [0.2, 0.25) is 5.02 Å². The second-order valence-electron chi connectivity index (χ2n) is 6.40. The van der Waals surface area contributed by atoms with Gasteiger partial charge in [-0.2, -0.15) is 0 Å². The zero-order chi connectivity index (χ0) is 15.3. The van der Waals surface area contributed by atoms with Crippen molar-refractivity contribution in [3.63, 3.8) is 0 Å². The molecule has 1 aliphatic carbocycles. The van der Waals surface area contributed by atoms with Gasteiger partial charge in [-0.1, -0.05) is 25.4 Å². The van der Waals surface area contributed by atoms with Gasteiger partial charge in [0.15, 0.2) is 0 Å². The third-order valence-electron chi connectivity index (χ3n) is 4.28. The Kier molecular flexibility index (Phi) is 3.19. The third kappa shape index (κ3) is 2.40.